The lowest BCUT2D eigenvalue weighted by atomic mass is 10.2. The monoisotopic (exact) mass is 399 g/mol. The average molecular weight is 400 g/mol. The van der Waals surface area contributed by atoms with Crippen LogP contribution in [0.3, 0.4) is 0 Å². The van der Waals surface area contributed by atoms with E-state index in [2.05, 4.69) is 0 Å². The van der Waals surface area contributed by atoms with Gasteiger partial charge >= 0.3 is 0 Å². The van der Waals surface area contributed by atoms with E-state index in [9.17, 15) is 14.0 Å². The molecular weight excluding hydrogens is 389 g/mol. The number of halogens is 2. The van der Waals surface area contributed by atoms with Crippen LogP contribution in [-0.2, 0) is 4.79 Å². The van der Waals surface area contributed by atoms with E-state index in [1.807, 2.05) is 0 Å². The Morgan fingerprint density at radius 3 is 2.37 bits per heavy atom. The molecule has 0 unspecified atom stereocenters. The third-order valence-corrected chi connectivity index (χ3v) is 5.03. The highest BCUT2D eigenvalue weighted by molar-refractivity contribution is 8.19. The van der Waals surface area contributed by atoms with Gasteiger partial charge in [-0.05, 0) is 72.4 Å². The van der Waals surface area contributed by atoms with E-state index in [-0.39, 0.29) is 16.0 Å². The van der Waals surface area contributed by atoms with Crippen molar-refractivity contribution in [1.82, 2.24) is 0 Å². The van der Waals surface area contributed by atoms with Gasteiger partial charge in [0.05, 0.1) is 10.6 Å². The molecule has 4 nitrogen and oxygen atoms in total. The van der Waals surface area contributed by atoms with E-state index in [0.717, 1.165) is 16.7 Å². The molecule has 0 radical (unpaired) electrons. The second-order valence-corrected chi connectivity index (χ2v) is 7.13. The largest absolute Gasteiger partial charge is 0.457 e. The molecule has 2 heterocycles. The fraction of sp³-hybridized carbons (Fsp3) is 0. The van der Waals surface area contributed by atoms with Gasteiger partial charge in [-0.15, -0.1) is 0 Å². The number of nitrogens with zero attached hydrogens (tertiary/aromatic N) is 1. The third kappa shape index (κ3) is 3.54. The number of furan rings is 1. The first-order valence-electron chi connectivity index (χ1n) is 7.90. The van der Waals surface area contributed by atoms with Crippen LogP contribution in [0.15, 0.2) is 70.0 Å². The Balaban J connectivity index is 1.59. The zero-order chi connectivity index (χ0) is 19.0. The van der Waals surface area contributed by atoms with Crippen LogP contribution in [0.4, 0.5) is 14.9 Å². The van der Waals surface area contributed by atoms with E-state index >= 15 is 0 Å². The van der Waals surface area contributed by atoms with Crippen LogP contribution >= 0.6 is 23.4 Å². The number of amides is 2. The molecule has 134 valence electrons. The number of hydrogen-bond acceptors (Lipinski definition) is 4. The fourth-order valence-electron chi connectivity index (χ4n) is 2.61. The van der Waals surface area contributed by atoms with Gasteiger partial charge in [0.25, 0.3) is 11.1 Å². The molecule has 0 saturated carbocycles. The SMILES string of the molecule is O=C1S/C(=C/c2ccc(-c3ccc(F)cc3)o2)C(=O)N1c1ccc(Cl)cc1. The van der Waals surface area contributed by atoms with E-state index in [1.54, 1.807) is 48.5 Å². The number of thioether (sulfide) groups is 1. The molecule has 1 saturated heterocycles. The first-order valence-corrected chi connectivity index (χ1v) is 9.10. The van der Waals surface area contributed by atoms with Crippen molar-refractivity contribution in [2.45, 2.75) is 0 Å². The van der Waals surface area contributed by atoms with Crippen LogP contribution in [0.2, 0.25) is 5.02 Å². The maximum Gasteiger partial charge on any atom is 0.298 e. The molecule has 7 heteroatoms. The molecule has 1 aromatic heterocycles. The maximum absolute atomic E-state index is 13.0. The summed E-state index contributed by atoms with van der Waals surface area (Å²) in [5.41, 5.74) is 1.17. The first kappa shape index (κ1) is 17.6. The zero-order valence-electron chi connectivity index (χ0n) is 13.7. The Morgan fingerprint density at radius 2 is 1.67 bits per heavy atom. The molecule has 1 aliphatic rings. The number of carbonyl (C=O) groups is 2. The van der Waals surface area contributed by atoms with E-state index < -0.39 is 5.91 Å². The summed E-state index contributed by atoms with van der Waals surface area (Å²) in [4.78, 5) is 26.2. The molecule has 2 aromatic carbocycles. The lowest BCUT2D eigenvalue weighted by Crippen LogP contribution is -2.27. The summed E-state index contributed by atoms with van der Waals surface area (Å²) in [5, 5.41) is 0.129. The number of hydrogen-bond donors (Lipinski definition) is 0. The van der Waals surface area contributed by atoms with Crippen LogP contribution in [0.5, 0.6) is 0 Å². The van der Waals surface area contributed by atoms with Crippen molar-refractivity contribution in [1.29, 1.82) is 0 Å². The summed E-state index contributed by atoms with van der Waals surface area (Å²) in [5.74, 6) is 0.211. The lowest BCUT2D eigenvalue weighted by Gasteiger charge is -2.11. The average Bonchev–Trinajstić information content (AvgIpc) is 3.22. The standard InChI is InChI=1S/C20H11ClFNO3S/c21-13-3-7-15(8-4-13)23-19(24)18(27-20(23)25)11-16-9-10-17(26-16)12-1-5-14(22)6-2-12/h1-11H/b18-11+. The number of benzene rings is 2. The van der Waals surface area contributed by atoms with E-state index in [4.69, 9.17) is 16.0 Å². The van der Waals surface area contributed by atoms with Crippen LogP contribution in [0.25, 0.3) is 17.4 Å². The molecule has 0 aliphatic carbocycles. The predicted molar refractivity (Wildman–Crippen MR) is 104 cm³/mol. The molecule has 3 aromatic rings. The van der Waals surface area contributed by atoms with Gasteiger partial charge in [0.1, 0.15) is 17.3 Å². The second kappa shape index (κ2) is 7.06. The third-order valence-electron chi connectivity index (χ3n) is 3.91. The summed E-state index contributed by atoms with van der Waals surface area (Å²) in [7, 11) is 0. The summed E-state index contributed by atoms with van der Waals surface area (Å²) in [6.07, 6.45) is 1.52. The Morgan fingerprint density at radius 1 is 0.963 bits per heavy atom. The minimum absolute atomic E-state index is 0.259. The van der Waals surface area contributed by atoms with Crippen molar-refractivity contribution < 1.29 is 18.4 Å². The second-order valence-electron chi connectivity index (χ2n) is 5.70. The molecule has 2 amide bonds. The molecular formula is C20H11ClFNO3S. The lowest BCUT2D eigenvalue weighted by molar-refractivity contribution is -0.113. The van der Waals surface area contributed by atoms with Crippen LogP contribution in [0, 0.1) is 5.82 Å². The number of carbonyl (C=O) groups excluding carboxylic acids is 2. The topological polar surface area (TPSA) is 50.5 Å². The van der Waals surface area contributed by atoms with Gasteiger partial charge < -0.3 is 4.42 Å². The van der Waals surface area contributed by atoms with Gasteiger partial charge in [-0.25, -0.2) is 9.29 Å². The maximum atomic E-state index is 13.0. The van der Waals surface area contributed by atoms with E-state index in [1.165, 1.54) is 18.2 Å². The molecule has 1 aliphatic heterocycles. The van der Waals surface area contributed by atoms with Crippen molar-refractivity contribution in [3.05, 3.63) is 82.2 Å². The number of anilines is 1. The van der Waals surface area contributed by atoms with Gasteiger partial charge in [-0.1, -0.05) is 11.6 Å². The highest BCUT2D eigenvalue weighted by Crippen LogP contribution is 2.36. The van der Waals surface area contributed by atoms with Crippen molar-refractivity contribution in [3.8, 4) is 11.3 Å². The van der Waals surface area contributed by atoms with Gasteiger partial charge in [-0.3, -0.25) is 9.59 Å². The Labute approximate surface area is 163 Å². The van der Waals surface area contributed by atoms with Crippen molar-refractivity contribution in [3.63, 3.8) is 0 Å². The van der Waals surface area contributed by atoms with Gasteiger partial charge in [0.15, 0.2) is 0 Å². The van der Waals surface area contributed by atoms with Crippen LogP contribution < -0.4 is 4.90 Å². The molecule has 4 rings (SSSR count). The molecule has 1 fully saturated rings. The minimum Gasteiger partial charge on any atom is -0.457 e. The van der Waals surface area contributed by atoms with Crippen molar-refractivity contribution in [2.75, 3.05) is 4.90 Å². The van der Waals surface area contributed by atoms with Crippen molar-refractivity contribution >= 4 is 46.3 Å². The van der Waals surface area contributed by atoms with Crippen LogP contribution in [-0.4, -0.2) is 11.1 Å². The smallest absolute Gasteiger partial charge is 0.298 e. The highest BCUT2D eigenvalue weighted by Gasteiger charge is 2.36. The molecule has 27 heavy (non-hydrogen) atoms. The van der Waals surface area contributed by atoms with Gasteiger partial charge in [0, 0.05) is 16.7 Å². The number of imide groups is 1. The van der Waals surface area contributed by atoms with Gasteiger partial charge in [-0.2, -0.15) is 0 Å². The molecule has 0 bridgehead atoms. The van der Waals surface area contributed by atoms with Crippen LogP contribution in [0.1, 0.15) is 5.76 Å². The molecule has 0 atom stereocenters. The van der Waals surface area contributed by atoms with Crippen molar-refractivity contribution in [2.24, 2.45) is 0 Å². The van der Waals surface area contributed by atoms with E-state index in [0.29, 0.717) is 27.8 Å². The Bertz CT molecular complexity index is 1060. The predicted octanol–water partition coefficient (Wildman–Crippen LogP) is 5.98. The normalized spacial score (nSPS) is 15.8. The fourth-order valence-corrected chi connectivity index (χ4v) is 3.56. The highest BCUT2D eigenvalue weighted by atomic mass is 35.5. The summed E-state index contributed by atoms with van der Waals surface area (Å²) in [6, 6.07) is 15.8. The minimum atomic E-state index is -0.424. The zero-order valence-corrected chi connectivity index (χ0v) is 15.3. The summed E-state index contributed by atoms with van der Waals surface area (Å²) >= 11 is 6.69. The molecule has 0 N–H and O–H groups in total. The summed E-state index contributed by atoms with van der Waals surface area (Å²) < 4.78 is 18.7. The Hall–Kier alpha value is -2.83. The van der Waals surface area contributed by atoms with Gasteiger partial charge in [0.2, 0.25) is 0 Å². The Kier molecular flexibility index (Phi) is 4.59. The molecule has 0 spiro atoms. The number of rotatable bonds is 3. The first-order chi connectivity index (χ1) is 13.0. The summed E-state index contributed by atoms with van der Waals surface area (Å²) in [6.45, 7) is 0. The quantitative estimate of drug-likeness (QED) is 0.508.